The molecule has 168 valence electrons. The topological polar surface area (TPSA) is 88.7 Å². The summed E-state index contributed by atoms with van der Waals surface area (Å²) in [5.74, 6) is 0.305. The predicted molar refractivity (Wildman–Crippen MR) is 131 cm³/mol. The van der Waals surface area contributed by atoms with Crippen molar-refractivity contribution < 1.29 is 19.1 Å². The highest BCUT2D eigenvalue weighted by Crippen LogP contribution is 2.29. The molecule has 0 saturated carbocycles. The molecular weight excluding hydrogens is 438 g/mol. The molecule has 0 unspecified atom stereocenters. The standard InChI is InChI=1S/C25H23N3O4S/c1-31-21-13-7-5-11-19(21)15-16-23(29)26-25(33)28-27-24(30)17-32-22-14-8-6-12-20(22)18-9-3-2-4-10-18/h2-16H,17H2,1H3,(H,27,30)(H2,26,28,29,33). The quantitative estimate of drug-likeness (QED) is 0.284. The molecule has 3 aromatic rings. The molecule has 2 amide bonds. The van der Waals surface area contributed by atoms with Crippen LogP contribution in [-0.4, -0.2) is 30.6 Å². The van der Waals surface area contributed by atoms with E-state index in [2.05, 4.69) is 16.2 Å². The van der Waals surface area contributed by atoms with Gasteiger partial charge in [-0.3, -0.25) is 25.8 Å². The van der Waals surface area contributed by atoms with E-state index in [9.17, 15) is 9.59 Å². The van der Waals surface area contributed by atoms with Crippen LogP contribution in [0.4, 0.5) is 0 Å². The molecule has 8 heteroatoms. The van der Waals surface area contributed by atoms with Crippen LogP contribution in [0.3, 0.4) is 0 Å². The van der Waals surface area contributed by atoms with Crippen LogP contribution >= 0.6 is 12.2 Å². The first-order chi connectivity index (χ1) is 16.1. The van der Waals surface area contributed by atoms with Gasteiger partial charge in [0.2, 0.25) is 5.91 Å². The van der Waals surface area contributed by atoms with E-state index in [-0.39, 0.29) is 11.7 Å². The maximum atomic E-state index is 12.1. The summed E-state index contributed by atoms with van der Waals surface area (Å²) in [5, 5.41) is 2.39. The van der Waals surface area contributed by atoms with Crippen molar-refractivity contribution in [3.8, 4) is 22.6 Å². The molecule has 0 saturated heterocycles. The fourth-order valence-electron chi connectivity index (χ4n) is 2.91. The van der Waals surface area contributed by atoms with Gasteiger partial charge in [0.05, 0.1) is 7.11 Å². The van der Waals surface area contributed by atoms with E-state index in [0.29, 0.717) is 11.5 Å². The summed E-state index contributed by atoms with van der Waals surface area (Å²) >= 11 is 5.03. The lowest BCUT2D eigenvalue weighted by atomic mass is 10.1. The van der Waals surface area contributed by atoms with Gasteiger partial charge in [-0.15, -0.1) is 0 Å². The molecule has 3 rings (SSSR count). The number of ether oxygens (including phenoxy) is 2. The highest BCUT2D eigenvalue weighted by atomic mass is 32.1. The van der Waals surface area contributed by atoms with Gasteiger partial charge in [0.15, 0.2) is 11.7 Å². The molecule has 0 spiro atoms. The summed E-state index contributed by atoms with van der Waals surface area (Å²) in [6.45, 7) is -0.235. The van der Waals surface area contributed by atoms with Gasteiger partial charge in [-0.1, -0.05) is 66.7 Å². The zero-order valence-corrected chi connectivity index (χ0v) is 18.7. The summed E-state index contributed by atoms with van der Waals surface area (Å²) < 4.78 is 10.9. The zero-order valence-electron chi connectivity index (χ0n) is 17.9. The van der Waals surface area contributed by atoms with Crippen molar-refractivity contribution in [3.63, 3.8) is 0 Å². The molecule has 0 aliphatic heterocycles. The first kappa shape index (κ1) is 23.5. The van der Waals surface area contributed by atoms with Crippen molar-refractivity contribution in [1.29, 1.82) is 0 Å². The fraction of sp³-hybridized carbons (Fsp3) is 0.0800. The minimum Gasteiger partial charge on any atom is -0.496 e. The number of thiocarbonyl (C=S) groups is 1. The average molecular weight is 462 g/mol. The molecule has 33 heavy (non-hydrogen) atoms. The smallest absolute Gasteiger partial charge is 0.276 e. The van der Waals surface area contributed by atoms with Gasteiger partial charge < -0.3 is 9.47 Å². The van der Waals surface area contributed by atoms with Gasteiger partial charge in [0.1, 0.15) is 11.5 Å². The second kappa shape index (κ2) is 12.0. The van der Waals surface area contributed by atoms with Crippen LogP contribution in [0.2, 0.25) is 0 Å². The Bertz CT molecular complexity index is 1150. The van der Waals surface area contributed by atoms with Crippen molar-refractivity contribution in [1.82, 2.24) is 16.2 Å². The van der Waals surface area contributed by atoms with E-state index in [4.69, 9.17) is 21.7 Å². The maximum absolute atomic E-state index is 12.1. The Morgan fingerprint density at radius 3 is 2.30 bits per heavy atom. The number of carbonyl (C=O) groups excluding carboxylic acids is 2. The fourth-order valence-corrected chi connectivity index (χ4v) is 3.06. The molecule has 3 aromatic carbocycles. The number of hydrogen-bond acceptors (Lipinski definition) is 5. The van der Waals surface area contributed by atoms with Crippen LogP contribution in [0, 0.1) is 0 Å². The highest BCUT2D eigenvalue weighted by molar-refractivity contribution is 7.80. The normalized spacial score (nSPS) is 10.3. The van der Waals surface area contributed by atoms with Crippen LogP contribution < -0.4 is 25.6 Å². The van der Waals surface area contributed by atoms with E-state index >= 15 is 0 Å². The SMILES string of the molecule is COc1ccccc1C=CC(=O)NC(=S)NNC(=O)COc1ccccc1-c1ccccc1. The Hall–Kier alpha value is -4.17. The number of carbonyl (C=O) groups is 2. The molecule has 0 radical (unpaired) electrons. The van der Waals surface area contributed by atoms with Gasteiger partial charge in [-0.2, -0.15) is 0 Å². The third kappa shape index (κ3) is 7.19. The lowest BCUT2D eigenvalue weighted by Crippen LogP contribution is -2.49. The Morgan fingerprint density at radius 2 is 1.55 bits per heavy atom. The highest BCUT2D eigenvalue weighted by Gasteiger charge is 2.09. The third-order valence-corrected chi connectivity index (χ3v) is 4.64. The van der Waals surface area contributed by atoms with Crippen molar-refractivity contribution in [3.05, 3.63) is 90.5 Å². The molecule has 0 atom stereocenters. The molecule has 0 bridgehead atoms. The first-order valence-electron chi connectivity index (χ1n) is 10.0. The van der Waals surface area contributed by atoms with Gasteiger partial charge >= 0.3 is 0 Å². The summed E-state index contributed by atoms with van der Waals surface area (Å²) in [5.41, 5.74) is 7.48. The summed E-state index contributed by atoms with van der Waals surface area (Å²) in [7, 11) is 1.55. The lowest BCUT2D eigenvalue weighted by molar-refractivity contribution is -0.123. The van der Waals surface area contributed by atoms with Gasteiger partial charge in [0, 0.05) is 17.2 Å². The Balaban J connectivity index is 1.45. The van der Waals surface area contributed by atoms with Gasteiger partial charge in [0.25, 0.3) is 5.91 Å². The van der Waals surface area contributed by atoms with Crippen LogP contribution in [0.1, 0.15) is 5.56 Å². The number of rotatable bonds is 7. The Morgan fingerprint density at radius 1 is 0.879 bits per heavy atom. The number of hydrogen-bond donors (Lipinski definition) is 3. The van der Waals surface area contributed by atoms with Crippen molar-refractivity contribution >= 4 is 35.2 Å². The number of benzene rings is 3. The van der Waals surface area contributed by atoms with Crippen molar-refractivity contribution in [2.75, 3.05) is 13.7 Å². The van der Waals surface area contributed by atoms with E-state index in [1.165, 1.54) is 6.08 Å². The minimum absolute atomic E-state index is 0.0530. The molecule has 0 aliphatic rings. The monoisotopic (exact) mass is 461 g/mol. The lowest BCUT2D eigenvalue weighted by Gasteiger charge is -2.13. The van der Waals surface area contributed by atoms with Crippen molar-refractivity contribution in [2.45, 2.75) is 0 Å². The molecule has 3 N–H and O–H groups in total. The Kier molecular flexibility index (Phi) is 8.55. The van der Waals surface area contributed by atoms with Crippen LogP contribution in [0.15, 0.2) is 84.9 Å². The second-order valence-electron chi connectivity index (χ2n) is 6.72. The third-order valence-electron chi connectivity index (χ3n) is 4.44. The van der Waals surface area contributed by atoms with Crippen LogP contribution in [0.25, 0.3) is 17.2 Å². The molecular formula is C25H23N3O4S. The molecule has 0 fully saturated rings. The molecule has 7 nitrogen and oxygen atoms in total. The van der Waals surface area contributed by atoms with Gasteiger partial charge in [-0.25, -0.2) is 0 Å². The van der Waals surface area contributed by atoms with E-state index < -0.39 is 11.8 Å². The second-order valence-corrected chi connectivity index (χ2v) is 7.13. The predicted octanol–water partition coefficient (Wildman–Crippen LogP) is 3.48. The summed E-state index contributed by atoms with van der Waals surface area (Å²) in [6.07, 6.45) is 2.92. The Labute approximate surface area is 197 Å². The number of methoxy groups -OCH3 is 1. The average Bonchev–Trinajstić information content (AvgIpc) is 2.85. The number of amides is 2. The maximum Gasteiger partial charge on any atom is 0.276 e. The van der Waals surface area contributed by atoms with E-state index in [1.54, 1.807) is 25.3 Å². The van der Waals surface area contributed by atoms with Crippen LogP contribution in [0.5, 0.6) is 11.5 Å². The molecule has 0 aliphatic carbocycles. The van der Waals surface area contributed by atoms with Crippen LogP contribution in [-0.2, 0) is 9.59 Å². The summed E-state index contributed by atoms with van der Waals surface area (Å²) in [6, 6.07) is 24.5. The molecule has 0 aromatic heterocycles. The van der Waals surface area contributed by atoms with E-state index in [1.807, 2.05) is 66.7 Å². The van der Waals surface area contributed by atoms with E-state index in [0.717, 1.165) is 16.7 Å². The largest absolute Gasteiger partial charge is 0.496 e. The number of hydrazine groups is 1. The van der Waals surface area contributed by atoms with Crippen molar-refractivity contribution in [2.24, 2.45) is 0 Å². The zero-order chi connectivity index (χ0) is 23.5. The minimum atomic E-state index is -0.459. The first-order valence-corrected chi connectivity index (χ1v) is 10.5. The summed E-state index contributed by atoms with van der Waals surface area (Å²) in [4.78, 5) is 24.2. The number of nitrogens with one attached hydrogen (secondary N) is 3. The van der Waals surface area contributed by atoms with Gasteiger partial charge in [-0.05, 0) is 36.0 Å². The molecule has 0 heterocycles. The number of para-hydroxylation sites is 2.